The van der Waals surface area contributed by atoms with Crippen molar-refractivity contribution in [2.75, 3.05) is 12.3 Å². The summed E-state index contributed by atoms with van der Waals surface area (Å²) in [6.45, 7) is 2.65. The third kappa shape index (κ3) is 6.26. The predicted octanol–water partition coefficient (Wildman–Crippen LogP) is -2.10. The molecule has 0 radical (unpaired) electrons. The first-order chi connectivity index (χ1) is 21.2. The minimum atomic E-state index is -5.86. The number of ether oxygens (including phenoxy) is 1. The zero-order valence-electron chi connectivity index (χ0n) is 23.8. The van der Waals surface area contributed by atoms with E-state index in [1.54, 1.807) is 0 Å². The fraction of sp³-hybridized carbons (Fsp3) is 0.450. The number of imidazole rings is 1. The molecule has 5 rings (SSSR count). The molecule has 4 aromatic heterocycles. The molecular weight excluding hydrogens is 685 g/mol. The van der Waals surface area contributed by atoms with Crippen molar-refractivity contribution in [1.29, 1.82) is 0 Å². The number of hydrogen-bond acceptors (Lipinski definition) is 15. The Bertz CT molecular complexity index is 2160. The first kappa shape index (κ1) is 34.2. The smallest absolute Gasteiger partial charge is 0.387 e. The highest BCUT2D eigenvalue weighted by atomic mass is 31.3. The molecule has 3 unspecified atom stereocenters. The van der Waals surface area contributed by atoms with E-state index >= 15 is 0 Å². The molecule has 1 aliphatic heterocycles. The van der Waals surface area contributed by atoms with Crippen LogP contribution in [0.2, 0.25) is 0 Å². The normalized spacial score (nSPS) is 24.3. The van der Waals surface area contributed by atoms with E-state index in [0.717, 1.165) is 15.4 Å². The second kappa shape index (κ2) is 11.8. The first-order valence-electron chi connectivity index (χ1n) is 12.8. The highest BCUT2D eigenvalue weighted by molar-refractivity contribution is 7.67. The molecule has 5 heterocycles. The number of aliphatic hydroxyl groups excluding tert-OH is 2. The van der Waals surface area contributed by atoms with Crippen LogP contribution in [0.15, 0.2) is 20.7 Å². The van der Waals surface area contributed by atoms with Gasteiger partial charge in [0, 0.05) is 23.4 Å². The van der Waals surface area contributed by atoms with Crippen LogP contribution in [0.25, 0.3) is 11.2 Å². The molecule has 1 aliphatic rings. The zero-order chi connectivity index (χ0) is 34.1. The third-order valence-corrected chi connectivity index (χ3v) is 11.5. The monoisotopic (exact) mass is 712 g/mol. The third-order valence-electron chi connectivity index (χ3n) is 7.11. The molecule has 9 N–H and O–H groups in total. The number of nitrogens with one attached hydrogen (secondary N) is 2. The maximum absolute atomic E-state index is 12.5. The first-order valence-corrected chi connectivity index (χ1v) is 17.4. The van der Waals surface area contributed by atoms with Crippen LogP contribution in [0.3, 0.4) is 0 Å². The molecule has 0 saturated carbocycles. The number of nitrogens with zero attached hydrogens (tertiary/aromatic N) is 5. The molecule has 26 heteroatoms. The standard InChI is InChI=1S/C20H27N8O15P3/c1-7-9(3)27-10(8(2)18(33)28(27)17(7)32)4-23-44(34,35)42-46(38,39)43-45(36,37)40-5-11-13(29)14(30)19(41-11)26-6-22-12-15(26)24-20(21)25-16(12)31/h6,11,13-14,19,29-30H,4-5H2,1-3H3,(H,36,37)(H,38,39)(H2,23,34,35)(H3,21,24,25,31)/t11-,13-,14-,19-/m1/s1. The van der Waals surface area contributed by atoms with Gasteiger partial charge in [-0.25, -0.2) is 28.3 Å². The second-order valence-electron chi connectivity index (χ2n) is 10.1. The summed E-state index contributed by atoms with van der Waals surface area (Å²) in [6, 6.07) is 0. The summed E-state index contributed by atoms with van der Waals surface area (Å²) in [5, 5.41) is 22.8. The molecule has 0 spiro atoms. The van der Waals surface area contributed by atoms with Crippen LogP contribution in [-0.4, -0.2) is 78.4 Å². The van der Waals surface area contributed by atoms with Gasteiger partial charge in [-0.05, 0) is 20.8 Å². The van der Waals surface area contributed by atoms with Crippen molar-refractivity contribution in [3.8, 4) is 0 Å². The Morgan fingerprint density at radius 3 is 2.33 bits per heavy atom. The Labute approximate surface area is 254 Å². The number of nitrogens with two attached hydrogens (primary N) is 1. The maximum atomic E-state index is 12.5. The van der Waals surface area contributed by atoms with E-state index in [9.17, 15) is 53.0 Å². The average molecular weight is 712 g/mol. The fourth-order valence-corrected chi connectivity index (χ4v) is 8.43. The summed E-state index contributed by atoms with van der Waals surface area (Å²) in [7, 11) is -16.8. The van der Waals surface area contributed by atoms with E-state index in [4.69, 9.17) is 10.5 Å². The maximum Gasteiger partial charge on any atom is 0.489 e. The van der Waals surface area contributed by atoms with Gasteiger partial charge in [0.1, 0.15) is 18.3 Å². The van der Waals surface area contributed by atoms with Gasteiger partial charge in [-0.2, -0.15) is 18.1 Å². The molecule has 46 heavy (non-hydrogen) atoms. The number of rotatable bonds is 11. The molecule has 1 saturated heterocycles. The number of nitrogen functional groups attached to an aromatic ring is 1. The molecule has 23 nitrogen and oxygen atoms in total. The lowest BCUT2D eigenvalue weighted by molar-refractivity contribution is -0.0503. The number of hydrogen-bond donors (Lipinski definition) is 8. The van der Waals surface area contributed by atoms with Crippen molar-refractivity contribution in [2.45, 2.75) is 51.9 Å². The van der Waals surface area contributed by atoms with Gasteiger partial charge >= 0.3 is 23.4 Å². The Morgan fingerprint density at radius 2 is 1.65 bits per heavy atom. The quantitative estimate of drug-likeness (QED) is 0.0772. The Hall–Kier alpha value is -3.14. The zero-order valence-corrected chi connectivity index (χ0v) is 26.5. The van der Waals surface area contributed by atoms with Crippen LogP contribution in [-0.2, 0) is 38.1 Å². The van der Waals surface area contributed by atoms with Gasteiger partial charge < -0.3 is 35.4 Å². The lowest BCUT2D eigenvalue weighted by Crippen LogP contribution is -2.33. The van der Waals surface area contributed by atoms with Crippen molar-refractivity contribution in [1.82, 2.24) is 33.6 Å². The minimum Gasteiger partial charge on any atom is -0.387 e. The van der Waals surface area contributed by atoms with Gasteiger partial charge in [0.15, 0.2) is 17.4 Å². The lowest BCUT2D eigenvalue weighted by atomic mass is 10.1. The van der Waals surface area contributed by atoms with Crippen LogP contribution >= 0.6 is 23.4 Å². The summed E-state index contributed by atoms with van der Waals surface area (Å²) < 4.78 is 58.8. The summed E-state index contributed by atoms with van der Waals surface area (Å²) in [5.74, 6) is -0.290. The summed E-state index contributed by atoms with van der Waals surface area (Å²) in [5.41, 5.74) is 3.86. The molecular formula is C20H27N8O15P3. The number of phosphoric acid groups is 2. The van der Waals surface area contributed by atoms with E-state index in [1.165, 1.54) is 25.3 Å². The van der Waals surface area contributed by atoms with Gasteiger partial charge in [-0.15, -0.1) is 0 Å². The number of aryl methyl sites for hydroxylation is 1. The van der Waals surface area contributed by atoms with Crippen LogP contribution in [0.1, 0.15) is 28.7 Å². The predicted molar refractivity (Wildman–Crippen MR) is 152 cm³/mol. The van der Waals surface area contributed by atoms with Crippen molar-refractivity contribution in [3.63, 3.8) is 0 Å². The SMILES string of the molecule is Cc1c(C)n2c(CNP(=O)(O)OP(=O)(O)OP(=O)(O)OC[C@H]3O[C@@H](n4cnc5c(=O)[nH]c(N)nc54)[C@H](O)[C@@H]3O)c(C)c(=O)n2c1=O. The number of phosphoric ester groups is 1. The Balaban J connectivity index is 1.22. The topological polar surface area (TPSA) is 334 Å². The molecule has 4 aromatic rings. The number of aliphatic hydroxyl groups is 2. The van der Waals surface area contributed by atoms with Crippen LogP contribution < -0.4 is 27.5 Å². The fourth-order valence-electron chi connectivity index (χ4n) is 4.77. The van der Waals surface area contributed by atoms with E-state index in [1.807, 2.05) is 5.09 Å². The molecule has 0 amide bonds. The highest BCUT2D eigenvalue weighted by Gasteiger charge is 2.47. The van der Waals surface area contributed by atoms with Gasteiger partial charge in [-0.1, -0.05) is 0 Å². The molecule has 1 fully saturated rings. The highest BCUT2D eigenvalue weighted by Crippen LogP contribution is 2.66. The number of aromatic amines is 1. The van der Waals surface area contributed by atoms with Gasteiger partial charge in [-0.3, -0.25) is 28.5 Å². The molecule has 0 aliphatic carbocycles. The number of H-pyrrole nitrogens is 1. The average Bonchev–Trinajstić information content (AvgIpc) is 3.61. The molecule has 7 atom stereocenters. The van der Waals surface area contributed by atoms with E-state index in [-0.39, 0.29) is 33.9 Å². The van der Waals surface area contributed by atoms with Crippen molar-refractivity contribution < 1.29 is 56.5 Å². The van der Waals surface area contributed by atoms with Gasteiger partial charge in [0.05, 0.1) is 18.6 Å². The second-order valence-corrected chi connectivity index (χ2v) is 14.9. The van der Waals surface area contributed by atoms with Crippen molar-refractivity contribution in [3.05, 3.63) is 59.9 Å². The van der Waals surface area contributed by atoms with Crippen molar-refractivity contribution in [2.24, 2.45) is 0 Å². The Kier molecular flexibility index (Phi) is 8.80. The number of aromatic nitrogens is 6. The van der Waals surface area contributed by atoms with Crippen molar-refractivity contribution >= 4 is 40.5 Å². The lowest BCUT2D eigenvalue weighted by Gasteiger charge is -2.20. The summed E-state index contributed by atoms with van der Waals surface area (Å²) >= 11 is 0. The van der Waals surface area contributed by atoms with E-state index in [2.05, 4.69) is 28.1 Å². The van der Waals surface area contributed by atoms with Gasteiger partial charge in [0.25, 0.3) is 16.7 Å². The summed E-state index contributed by atoms with van der Waals surface area (Å²) in [6.07, 6.45) is -5.49. The number of anilines is 1. The Morgan fingerprint density at radius 1 is 1.00 bits per heavy atom. The van der Waals surface area contributed by atoms with Crippen LogP contribution in [0.4, 0.5) is 5.95 Å². The minimum absolute atomic E-state index is 0.0170. The molecule has 252 valence electrons. The largest absolute Gasteiger partial charge is 0.489 e. The van der Waals surface area contributed by atoms with Gasteiger partial charge in [0.2, 0.25) is 5.95 Å². The molecule has 0 bridgehead atoms. The van der Waals surface area contributed by atoms with E-state index < -0.39 is 77.8 Å². The van der Waals surface area contributed by atoms with Crippen LogP contribution in [0, 0.1) is 20.8 Å². The molecule has 0 aromatic carbocycles. The number of fused-ring (bicyclic) bond motifs is 2. The van der Waals surface area contributed by atoms with E-state index in [0.29, 0.717) is 5.69 Å². The van der Waals surface area contributed by atoms with Crippen LogP contribution in [0.5, 0.6) is 0 Å². The summed E-state index contributed by atoms with van der Waals surface area (Å²) in [4.78, 5) is 76.9.